The SMILES string of the molecule is CCC(CCCl)NC(=O)C1CCC1. The van der Waals surface area contributed by atoms with Gasteiger partial charge < -0.3 is 5.32 Å². The summed E-state index contributed by atoms with van der Waals surface area (Å²) >= 11 is 5.63. The molecule has 1 fully saturated rings. The van der Waals surface area contributed by atoms with Crippen LogP contribution in [0.3, 0.4) is 0 Å². The number of alkyl halides is 1. The van der Waals surface area contributed by atoms with E-state index in [9.17, 15) is 4.79 Å². The van der Waals surface area contributed by atoms with Gasteiger partial charge in [0.2, 0.25) is 5.91 Å². The lowest BCUT2D eigenvalue weighted by Crippen LogP contribution is -2.41. The van der Waals surface area contributed by atoms with Gasteiger partial charge >= 0.3 is 0 Å². The van der Waals surface area contributed by atoms with Gasteiger partial charge in [-0.3, -0.25) is 4.79 Å². The minimum atomic E-state index is 0.239. The van der Waals surface area contributed by atoms with Crippen LogP contribution in [0.4, 0.5) is 0 Å². The minimum absolute atomic E-state index is 0.239. The maximum Gasteiger partial charge on any atom is 0.223 e. The largest absolute Gasteiger partial charge is 0.353 e. The number of hydrogen-bond donors (Lipinski definition) is 1. The van der Waals surface area contributed by atoms with Gasteiger partial charge in [0.05, 0.1) is 0 Å². The molecule has 76 valence electrons. The van der Waals surface area contributed by atoms with Crippen molar-refractivity contribution in [1.82, 2.24) is 5.32 Å². The molecule has 0 saturated heterocycles. The maximum absolute atomic E-state index is 11.5. The first-order valence-corrected chi connectivity index (χ1v) is 5.67. The predicted molar refractivity (Wildman–Crippen MR) is 54.9 cm³/mol. The lowest BCUT2D eigenvalue weighted by atomic mass is 9.84. The zero-order valence-electron chi connectivity index (χ0n) is 8.18. The molecule has 1 aliphatic carbocycles. The molecule has 0 bridgehead atoms. The van der Waals surface area contributed by atoms with E-state index in [0.717, 1.165) is 25.7 Å². The molecule has 0 radical (unpaired) electrons. The van der Waals surface area contributed by atoms with Gasteiger partial charge in [0.1, 0.15) is 0 Å². The first-order valence-electron chi connectivity index (χ1n) is 5.14. The zero-order chi connectivity index (χ0) is 9.68. The Balaban J connectivity index is 2.23. The molecule has 0 aromatic rings. The van der Waals surface area contributed by atoms with Crippen LogP contribution in [0.25, 0.3) is 0 Å². The van der Waals surface area contributed by atoms with Crippen LogP contribution in [0, 0.1) is 5.92 Å². The molecule has 1 rings (SSSR count). The third kappa shape index (κ3) is 3.18. The van der Waals surface area contributed by atoms with E-state index in [-0.39, 0.29) is 11.9 Å². The van der Waals surface area contributed by atoms with Crippen molar-refractivity contribution < 1.29 is 4.79 Å². The molecular weight excluding hydrogens is 186 g/mol. The van der Waals surface area contributed by atoms with Crippen LogP contribution in [-0.4, -0.2) is 17.8 Å². The molecule has 0 aromatic carbocycles. The van der Waals surface area contributed by atoms with E-state index in [0.29, 0.717) is 11.8 Å². The van der Waals surface area contributed by atoms with Crippen molar-refractivity contribution in [2.24, 2.45) is 5.92 Å². The fraction of sp³-hybridized carbons (Fsp3) is 0.900. The Hall–Kier alpha value is -0.240. The first kappa shape index (κ1) is 10.8. The average Bonchev–Trinajstić information content (AvgIpc) is 2.00. The van der Waals surface area contributed by atoms with Gasteiger partial charge in [0.25, 0.3) is 0 Å². The summed E-state index contributed by atoms with van der Waals surface area (Å²) in [5.41, 5.74) is 0. The van der Waals surface area contributed by atoms with Gasteiger partial charge in [-0.25, -0.2) is 0 Å². The van der Waals surface area contributed by atoms with Crippen molar-refractivity contribution in [3.63, 3.8) is 0 Å². The summed E-state index contributed by atoms with van der Waals surface area (Å²) in [6, 6.07) is 0.283. The van der Waals surface area contributed by atoms with Gasteiger partial charge in [-0.1, -0.05) is 13.3 Å². The van der Waals surface area contributed by atoms with Crippen LogP contribution < -0.4 is 5.32 Å². The first-order chi connectivity index (χ1) is 6.27. The highest BCUT2D eigenvalue weighted by molar-refractivity contribution is 6.17. The Labute approximate surface area is 85.0 Å². The summed E-state index contributed by atoms with van der Waals surface area (Å²) in [7, 11) is 0. The lowest BCUT2D eigenvalue weighted by molar-refractivity contribution is -0.128. The van der Waals surface area contributed by atoms with E-state index >= 15 is 0 Å². The van der Waals surface area contributed by atoms with E-state index in [1.807, 2.05) is 0 Å². The topological polar surface area (TPSA) is 29.1 Å². The highest BCUT2D eigenvalue weighted by atomic mass is 35.5. The molecule has 1 N–H and O–H groups in total. The summed E-state index contributed by atoms with van der Waals surface area (Å²) in [5.74, 6) is 1.16. The maximum atomic E-state index is 11.5. The lowest BCUT2D eigenvalue weighted by Gasteiger charge is -2.26. The fourth-order valence-corrected chi connectivity index (χ4v) is 1.76. The molecule has 1 saturated carbocycles. The second-order valence-electron chi connectivity index (χ2n) is 3.72. The Morgan fingerprint density at radius 3 is 2.69 bits per heavy atom. The van der Waals surface area contributed by atoms with E-state index in [1.54, 1.807) is 0 Å². The molecule has 0 heterocycles. The highest BCUT2D eigenvalue weighted by Gasteiger charge is 2.26. The highest BCUT2D eigenvalue weighted by Crippen LogP contribution is 2.26. The van der Waals surface area contributed by atoms with E-state index in [4.69, 9.17) is 11.6 Å². The molecule has 0 aliphatic heterocycles. The van der Waals surface area contributed by atoms with E-state index < -0.39 is 0 Å². The minimum Gasteiger partial charge on any atom is -0.353 e. The van der Waals surface area contributed by atoms with Crippen LogP contribution in [0.2, 0.25) is 0 Å². The van der Waals surface area contributed by atoms with E-state index in [1.165, 1.54) is 6.42 Å². The van der Waals surface area contributed by atoms with Crippen molar-refractivity contribution >= 4 is 17.5 Å². The van der Waals surface area contributed by atoms with Crippen molar-refractivity contribution in [1.29, 1.82) is 0 Å². The van der Waals surface area contributed by atoms with Crippen LogP contribution >= 0.6 is 11.6 Å². The van der Waals surface area contributed by atoms with Gasteiger partial charge in [0, 0.05) is 17.8 Å². The normalized spacial score (nSPS) is 19.2. The smallest absolute Gasteiger partial charge is 0.223 e. The Morgan fingerprint density at radius 1 is 1.62 bits per heavy atom. The number of hydrogen-bond acceptors (Lipinski definition) is 1. The van der Waals surface area contributed by atoms with Crippen LogP contribution in [0.1, 0.15) is 39.0 Å². The Morgan fingerprint density at radius 2 is 2.31 bits per heavy atom. The number of carbonyl (C=O) groups is 1. The quantitative estimate of drug-likeness (QED) is 0.683. The van der Waals surface area contributed by atoms with Crippen LogP contribution in [0.5, 0.6) is 0 Å². The molecule has 0 aromatic heterocycles. The van der Waals surface area contributed by atoms with Gasteiger partial charge in [0.15, 0.2) is 0 Å². The summed E-state index contributed by atoms with van der Waals surface area (Å²) in [6.07, 6.45) is 5.22. The molecule has 1 atom stereocenters. The van der Waals surface area contributed by atoms with Gasteiger partial charge in [-0.15, -0.1) is 11.6 Å². The molecule has 0 spiro atoms. The molecule has 13 heavy (non-hydrogen) atoms. The number of carbonyl (C=O) groups excluding carboxylic acids is 1. The molecule has 2 nitrogen and oxygen atoms in total. The third-order valence-electron chi connectivity index (χ3n) is 2.77. The summed E-state index contributed by atoms with van der Waals surface area (Å²) in [4.78, 5) is 11.5. The number of nitrogens with one attached hydrogen (secondary N) is 1. The number of amides is 1. The van der Waals surface area contributed by atoms with E-state index in [2.05, 4.69) is 12.2 Å². The van der Waals surface area contributed by atoms with Crippen LogP contribution in [-0.2, 0) is 4.79 Å². The average molecular weight is 204 g/mol. The summed E-state index contributed by atoms with van der Waals surface area (Å²) in [6.45, 7) is 2.08. The predicted octanol–water partition coefficient (Wildman–Crippen LogP) is 2.31. The fourth-order valence-electron chi connectivity index (χ4n) is 1.50. The molecule has 1 aliphatic rings. The molecule has 1 amide bonds. The number of halogens is 1. The molecule has 1 unspecified atom stereocenters. The van der Waals surface area contributed by atoms with Crippen LogP contribution in [0.15, 0.2) is 0 Å². The molecular formula is C10H18ClNO. The molecule has 3 heteroatoms. The summed E-state index contributed by atoms with van der Waals surface area (Å²) in [5, 5.41) is 3.05. The zero-order valence-corrected chi connectivity index (χ0v) is 8.94. The van der Waals surface area contributed by atoms with Crippen molar-refractivity contribution in [2.75, 3.05) is 5.88 Å². The summed E-state index contributed by atoms with van der Waals surface area (Å²) < 4.78 is 0. The second kappa shape index (κ2) is 5.48. The Bertz CT molecular complexity index is 168. The van der Waals surface area contributed by atoms with Crippen molar-refractivity contribution in [3.05, 3.63) is 0 Å². The third-order valence-corrected chi connectivity index (χ3v) is 2.99. The second-order valence-corrected chi connectivity index (χ2v) is 4.10. The standard InChI is InChI=1S/C10H18ClNO/c1-2-9(6-7-11)12-10(13)8-4-3-5-8/h8-9H,2-7H2,1H3,(H,12,13). The van der Waals surface area contributed by atoms with Gasteiger partial charge in [-0.2, -0.15) is 0 Å². The Kier molecular flexibility index (Phi) is 4.57. The van der Waals surface area contributed by atoms with Crippen molar-refractivity contribution in [3.8, 4) is 0 Å². The van der Waals surface area contributed by atoms with Gasteiger partial charge in [-0.05, 0) is 25.7 Å². The number of rotatable bonds is 5. The monoisotopic (exact) mass is 203 g/mol. The van der Waals surface area contributed by atoms with Crippen molar-refractivity contribution in [2.45, 2.75) is 45.1 Å².